The number of Topliss-reactive ketones (excluding diaryl/α,β-unsaturated/α-hetero) is 1. The summed E-state index contributed by atoms with van der Waals surface area (Å²) in [4.78, 5) is 23.9. The predicted molar refractivity (Wildman–Crippen MR) is 85.0 cm³/mol. The van der Waals surface area contributed by atoms with Gasteiger partial charge in [-0.1, -0.05) is 37.0 Å². The second-order valence-electron chi connectivity index (χ2n) is 5.82. The first-order chi connectivity index (χ1) is 10.2. The van der Waals surface area contributed by atoms with Crippen LogP contribution in [0.1, 0.15) is 43.1 Å². The van der Waals surface area contributed by atoms with Gasteiger partial charge in [0.2, 0.25) is 5.60 Å². The van der Waals surface area contributed by atoms with Gasteiger partial charge < -0.3 is 9.47 Å². The number of fused-ring (bicyclic) bond motifs is 1. The molecule has 22 heavy (non-hydrogen) atoms. The van der Waals surface area contributed by atoms with E-state index in [1.807, 2.05) is 13.8 Å². The van der Waals surface area contributed by atoms with Crippen LogP contribution in [0.5, 0.6) is 5.75 Å². The number of halogens is 2. The molecule has 0 bridgehead atoms. The van der Waals surface area contributed by atoms with Crippen LogP contribution in [0.2, 0.25) is 10.0 Å². The fraction of sp³-hybridized carbons (Fsp3) is 0.500. The molecule has 1 aromatic carbocycles. The Morgan fingerprint density at radius 3 is 2.45 bits per heavy atom. The smallest absolute Gasteiger partial charge is 0.350 e. The molecule has 0 saturated heterocycles. The van der Waals surface area contributed by atoms with E-state index in [0.717, 1.165) is 5.56 Å². The third-order valence-electron chi connectivity index (χ3n) is 4.17. The van der Waals surface area contributed by atoms with Crippen LogP contribution >= 0.6 is 23.2 Å². The molecular weight excluding hydrogens is 327 g/mol. The maximum absolute atomic E-state index is 12.1. The van der Waals surface area contributed by atoms with E-state index in [1.165, 1.54) is 7.11 Å². The summed E-state index contributed by atoms with van der Waals surface area (Å²) in [5.74, 6) is -0.370. The van der Waals surface area contributed by atoms with E-state index in [2.05, 4.69) is 0 Å². The highest BCUT2D eigenvalue weighted by molar-refractivity contribution is 6.45. The number of aryl methyl sites for hydroxylation is 1. The fourth-order valence-electron chi connectivity index (χ4n) is 2.43. The van der Waals surface area contributed by atoms with Crippen molar-refractivity contribution in [3.05, 3.63) is 27.2 Å². The van der Waals surface area contributed by atoms with Gasteiger partial charge in [-0.15, -0.1) is 0 Å². The van der Waals surface area contributed by atoms with Crippen molar-refractivity contribution in [2.24, 2.45) is 5.92 Å². The second kappa shape index (κ2) is 6.09. The van der Waals surface area contributed by atoms with Gasteiger partial charge in [-0.2, -0.15) is 0 Å². The number of esters is 1. The molecule has 0 aliphatic heterocycles. The lowest BCUT2D eigenvalue weighted by Gasteiger charge is -2.32. The number of ether oxygens (including phenoxy) is 2. The molecule has 4 nitrogen and oxygen atoms in total. The molecule has 0 fully saturated rings. The summed E-state index contributed by atoms with van der Waals surface area (Å²) in [5, 5.41) is 0.332. The Kier molecular flexibility index (Phi) is 4.73. The third kappa shape index (κ3) is 2.70. The molecule has 1 atom stereocenters. The SMILES string of the molecule is COC(=O)C(C)(Oc1cc2c(c(Cl)c1Cl)C(=O)CC2)C(C)C. The van der Waals surface area contributed by atoms with Crippen molar-refractivity contribution in [2.75, 3.05) is 7.11 Å². The number of hydrogen-bond acceptors (Lipinski definition) is 4. The lowest BCUT2D eigenvalue weighted by molar-refractivity contribution is -0.161. The Balaban J connectivity index is 2.48. The molecule has 0 spiro atoms. The van der Waals surface area contributed by atoms with E-state index in [9.17, 15) is 9.59 Å². The van der Waals surface area contributed by atoms with Crippen molar-refractivity contribution >= 4 is 35.0 Å². The van der Waals surface area contributed by atoms with E-state index in [4.69, 9.17) is 32.7 Å². The summed E-state index contributed by atoms with van der Waals surface area (Å²) in [7, 11) is 1.31. The van der Waals surface area contributed by atoms with Crippen LogP contribution in [-0.2, 0) is 16.0 Å². The van der Waals surface area contributed by atoms with Gasteiger partial charge in [0.15, 0.2) is 5.78 Å². The molecule has 1 aromatic rings. The maximum atomic E-state index is 12.1. The largest absolute Gasteiger partial charge is 0.474 e. The average Bonchev–Trinajstić information content (AvgIpc) is 2.84. The van der Waals surface area contributed by atoms with Crippen LogP contribution in [0.4, 0.5) is 0 Å². The summed E-state index contributed by atoms with van der Waals surface area (Å²) in [6.07, 6.45) is 1.01. The van der Waals surface area contributed by atoms with Crippen molar-refractivity contribution in [2.45, 2.75) is 39.2 Å². The van der Waals surface area contributed by atoms with Gasteiger partial charge in [-0.3, -0.25) is 4.79 Å². The van der Waals surface area contributed by atoms with Crippen molar-refractivity contribution in [3.63, 3.8) is 0 Å². The molecule has 6 heteroatoms. The summed E-state index contributed by atoms with van der Waals surface area (Å²) in [6, 6.07) is 1.69. The van der Waals surface area contributed by atoms with Crippen LogP contribution < -0.4 is 4.74 Å². The molecule has 0 radical (unpaired) electrons. The molecule has 0 amide bonds. The van der Waals surface area contributed by atoms with Crippen LogP contribution in [0.25, 0.3) is 0 Å². The zero-order chi connectivity index (χ0) is 16.7. The average molecular weight is 345 g/mol. The first-order valence-corrected chi connectivity index (χ1v) is 7.79. The monoisotopic (exact) mass is 344 g/mol. The van der Waals surface area contributed by atoms with E-state index in [1.54, 1.807) is 13.0 Å². The predicted octanol–water partition coefficient (Wildman–Crippen LogP) is 4.09. The van der Waals surface area contributed by atoms with Gasteiger partial charge in [-0.05, 0) is 25.0 Å². The minimum Gasteiger partial charge on any atom is -0.474 e. The molecule has 0 saturated carbocycles. The number of hydrogen-bond donors (Lipinski definition) is 0. The van der Waals surface area contributed by atoms with Crippen molar-refractivity contribution in [3.8, 4) is 5.75 Å². The van der Waals surface area contributed by atoms with Gasteiger partial charge >= 0.3 is 5.97 Å². The Bertz CT molecular complexity index is 640. The Morgan fingerprint density at radius 2 is 1.91 bits per heavy atom. The second-order valence-corrected chi connectivity index (χ2v) is 6.57. The fourth-order valence-corrected chi connectivity index (χ4v) is 2.93. The van der Waals surface area contributed by atoms with Crippen LogP contribution in [-0.4, -0.2) is 24.5 Å². The van der Waals surface area contributed by atoms with E-state index < -0.39 is 11.6 Å². The Labute approximate surface area is 139 Å². The number of rotatable bonds is 4. The van der Waals surface area contributed by atoms with Gasteiger partial charge in [-0.25, -0.2) is 4.79 Å². The molecular formula is C16H18Cl2O4. The van der Waals surface area contributed by atoms with Gasteiger partial charge in [0.25, 0.3) is 0 Å². The zero-order valence-corrected chi connectivity index (χ0v) is 14.5. The quantitative estimate of drug-likeness (QED) is 0.772. The van der Waals surface area contributed by atoms with Gasteiger partial charge in [0.1, 0.15) is 10.8 Å². The number of benzene rings is 1. The van der Waals surface area contributed by atoms with Crippen molar-refractivity contribution in [1.29, 1.82) is 0 Å². The molecule has 1 aliphatic rings. The highest BCUT2D eigenvalue weighted by Crippen LogP contribution is 2.42. The van der Waals surface area contributed by atoms with Crippen LogP contribution in [0.3, 0.4) is 0 Å². The van der Waals surface area contributed by atoms with Gasteiger partial charge in [0, 0.05) is 17.9 Å². The lowest BCUT2D eigenvalue weighted by atomic mass is 9.92. The molecule has 0 N–H and O–H groups in total. The number of ketones is 1. The number of carbonyl (C=O) groups is 2. The van der Waals surface area contributed by atoms with Gasteiger partial charge in [0.05, 0.1) is 12.1 Å². The highest BCUT2D eigenvalue weighted by Gasteiger charge is 2.41. The summed E-state index contributed by atoms with van der Waals surface area (Å²) in [6.45, 7) is 5.35. The zero-order valence-electron chi connectivity index (χ0n) is 13.0. The minimum absolute atomic E-state index is 0.0203. The Hall–Kier alpha value is -1.26. The molecule has 2 rings (SSSR count). The highest BCUT2D eigenvalue weighted by atomic mass is 35.5. The minimum atomic E-state index is -1.20. The van der Waals surface area contributed by atoms with Crippen molar-refractivity contribution < 1.29 is 19.1 Å². The Morgan fingerprint density at radius 1 is 1.27 bits per heavy atom. The third-order valence-corrected chi connectivity index (χ3v) is 5.02. The standard InChI is InChI=1S/C16H18Cl2O4/c1-8(2)16(3,15(20)21-4)22-11-7-9-5-6-10(19)12(9)14(18)13(11)17/h7-8H,5-6H2,1-4H3. The van der Waals surface area contributed by atoms with E-state index >= 15 is 0 Å². The van der Waals surface area contributed by atoms with Crippen LogP contribution in [0.15, 0.2) is 6.07 Å². The normalized spacial score (nSPS) is 16.4. The summed E-state index contributed by atoms with van der Waals surface area (Å²) >= 11 is 12.5. The lowest BCUT2D eigenvalue weighted by Crippen LogP contribution is -2.47. The first-order valence-electron chi connectivity index (χ1n) is 7.03. The van der Waals surface area contributed by atoms with E-state index in [-0.39, 0.29) is 21.7 Å². The molecule has 0 heterocycles. The number of carbonyl (C=O) groups excluding carboxylic acids is 2. The van der Waals surface area contributed by atoms with E-state index in [0.29, 0.717) is 24.2 Å². The number of methoxy groups -OCH3 is 1. The summed E-state index contributed by atoms with van der Waals surface area (Å²) < 4.78 is 10.7. The molecule has 120 valence electrons. The maximum Gasteiger partial charge on any atom is 0.350 e. The van der Waals surface area contributed by atoms with Crippen molar-refractivity contribution in [1.82, 2.24) is 0 Å². The molecule has 1 aliphatic carbocycles. The topological polar surface area (TPSA) is 52.6 Å². The molecule has 0 aromatic heterocycles. The van der Waals surface area contributed by atoms with Crippen LogP contribution in [0, 0.1) is 5.92 Å². The summed E-state index contributed by atoms with van der Waals surface area (Å²) in [5.41, 5.74) is 0.0622. The molecule has 1 unspecified atom stereocenters. The first kappa shape index (κ1) is 17.1.